The van der Waals surface area contributed by atoms with Crippen LogP contribution in [0, 0.1) is 0 Å². The lowest BCUT2D eigenvalue weighted by Crippen LogP contribution is -2.28. The maximum atomic E-state index is 12.2. The minimum atomic E-state index is -4.37. The van der Waals surface area contributed by atoms with Gasteiger partial charge in [-0.25, -0.2) is 0 Å². The van der Waals surface area contributed by atoms with Gasteiger partial charge in [0.05, 0.1) is 5.56 Å². The minimum absolute atomic E-state index is 0.0244. The predicted octanol–water partition coefficient (Wildman–Crippen LogP) is 1.91. The summed E-state index contributed by atoms with van der Waals surface area (Å²) in [6.45, 7) is 1.14. The molecule has 0 aliphatic heterocycles. The Bertz CT molecular complexity index is 423. The Labute approximate surface area is 95.6 Å². The number of nitrogens with one attached hydrogen (secondary N) is 1. The summed E-state index contributed by atoms with van der Waals surface area (Å²) in [5.41, 5.74) is -0.258. The first-order valence-electron chi connectivity index (χ1n) is 4.75. The number of hydrogen-bond acceptors (Lipinski definition) is 2. The van der Waals surface area contributed by atoms with E-state index in [1.54, 1.807) is 0 Å². The molecule has 6 heteroatoms. The number of amides is 1. The van der Waals surface area contributed by atoms with Crippen LogP contribution in [-0.2, 0) is 22.3 Å². The highest BCUT2D eigenvalue weighted by Crippen LogP contribution is 2.28. The second kappa shape index (κ2) is 4.99. The van der Waals surface area contributed by atoms with E-state index in [4.69, 9.17) is 0 Å². The fraction of sp³-hybridized carbons (Fsp3) is 0.273. The maximum absolute atomic E-state index is 12.2. The number of carbonyl (C=O) groups is 2. The Morgan fingerprint density at radius 1 is 1.18 bits per heavy atom. The molecule has 1 N–H and O–H groups in total. The van der Waals surface area contributed by atoms with Crippen LogP contribution < -0.4 is 5.32 Å². The normalized spacial score (nSPS) is 11.1. The average Bonchev–Trinajstić information content (AvgIpc) is 2.25. The van der Waals surface area contributed by atoms with Crippen LogP contribution in [0.5, 0.6) is 0 Å². The van der Waals surface area contributed by atoms with Gasteiger partial charge < -0.3 is 5.32 Å². The Morgan fingerprint density at radius 3 is 2.12 bits per heavy atom. The molecular formula is C11H10F3NO2. The third kappa shape index (κ3) is 3.90. The molecule has 0 bridgehead atoms. The summed E-state index contributed by atoms with van der Waals surface area (Å²) < 4.78 is 36.7. The van der Waals surface area contributed by atoms with E-state index in [0.717, 1.165) is 19.1 Å². The van der Waals surface area contributed by atoms with Gasteiger partial charge >= 0.3 is 6.18 Å². The Balaban J connectivity index is 2.63. The molecule has 1 rings (SSSR count). The van der Waals surface area contributed by atoms with Crippen molar-refractivity contribution in [3.63, 3.8) is 0 Å². The van der Waals surface area contributed by atoms with Gasteiger partial charge in [0.15, 0.2) is 0 Å². The van der Waals surface area contributed by atoms with Crippen LogP contribution in [0.15, 0.2) is 24.3 Å². The minimum Gasteiger partial charge on any atom is -0.345 e. The molecule has 0 radical (unpaired) electrons. The topological polar surface area (TPSA) is 46.2 Å². The molecule has 0 saturated heterocycles. The van der Waals surface area contributed by atoms with Crippen molar-refractivity contribution in [1.82, 2.24) is 5.32 Å². The summed E-state index contributed by atoms with van der Waals surface area (Å²) in [4.78, 5) is 21.5. The summed E-state index contributed by atoms with van der Waals surface area (Å²) in [5, 5.41) is 2.29. The Kier molecular flexibility index (Phi) is 3.88. The van der Waals surface area contributed by atoms with E-state index < -0.39 is 23.4 Å². The molecule has 92 valence electrons. The molecule has 1 aromatic rings. The van der Waals surface area contributed by atoms with Gasteiger partial charge in [0.2, 0.25) is 5.78 Å². The molecule has 0 heterocycles. The summed E-state index contributed by atoms with van der Waals surface area (Å²) in [7, 11) is 0. The second-order valence-corrected chi connectivity index (χ2v) is 3.43. The molecule has 0 unspecified atom stereocenters. The van der Waals surface area contributed by atoms with Crippen molar-refractivity contribution in [2.24, 2.45) is 0 Å². The maximum Gasteiger partial charge on any atom is 0.416 e. The summed E-state index contributed by atoms with van der Waals surface area (Å²) in [5.74, 6) is -1.40. The van der Waals surface area contributed by atoms with E-state index in [1.165, 1.54) is 12.1 Å². The number of halogens is 3. The molecule has 0 aliphatic rings. The number of alkyl halides is 3. The lowest BCUT2D eigenvalue weighted by Gasteiger charge is -2.07. The highest BCUT2D eigenvalue weighted by atomic mass is 19.4. The lowest BCUT2D eigenvalue weighted by molar-refractivity contribution is -0.137. The quantitative estimate of drug-likeness (QED) is 0.827. The van der Waals surface area contributed by atoms with Gasteiger partial charge in [-0.1, -0.05) is 12.1 Å². The molecule has 0 aromatic heterocycles. The van der Waals surface area contributed by atoms with Crippen LogP contribution in [0.2, 0.25) is 0 Å². The van der Waals surface area contributed by atoms with E-state index in [9.17, 15) is 22.8 Å². The SMILES string of the molecule is CC(=O)C(=O)NCc1ccc(C(F)(F)F)cc1. The summed E-state index contributed by atoms with van der Waals surface area (Å²) >= 11 is 0. The first-order chi connectivity index (χ1) is 7.80. The smallest absolute Gasteiger partial charge is 0.345 e. The van der Waals surface area contributed by atoms with Crippen LogP contribution in [0.4, 0.5) is 13.2 Å². The highest BCUT2D eigenvalue weighted by Gasteiger charge is 2.29. The highest BCUT2D eigenvalue weighted by molar-refractivity contribution is 6.35. The van der Waals surface area contributed by atoms with E-state index >= 15 is 0 Å². The van der Waals surface area contributed by atoms with Crippen LogP contribution in [-0.4, -0.2) is 11.7 Å². The molecule has 0 spiro atoms. The summed E-state index contributed by atoms with van der Waals surface area (Å²) in [6.07, 6.45) is -4.37. The second-order valence-electron chi connectivity index (χ2n) is 3.43. The van der Waals surface area contributed by atoms with Gasteiger partial charge in [-0.3, -0.25) is 9.59 Å². The van der Waals surface area contributed by atoms with Crippen molar-refractivity contribution in [1.29, 1.82) is 0 Å². The van der Waals surface area contributed by atoms with Crippen molar-refractivity contribution in [3.05, 3.63) is 35.4 Å². The van der Waals surface area contributed by atoms with Crippen molar-refractivity contribution in [2.75, 3.05) is 0 Å². The zero-order valence-electron chi connectivity index (χ0n) is 8.97. The summed E-state index contributed by atoms with van der Waals surface area (Å²) in [6, 6.07) is 4.36. The fourth-order valence-electron chi connectivity index (χ4n) is 1.12. The van der Waals surface area contributed by atoms with E-state index in [2.05, 4.69) is 5.32 Å². The third-order valence-electron chi connectivity index (χ3n) is 2.05. The Hall–Kier alpha value is -1.85. The van der Waals surface area contributed by atoms with Gasteiger partial charge in [-0.05, 0) is 17.7 Å². The zero-order valence-corrected chi connectivity index (χ0v) is 8.97. The Morgan fingerprint density at radius 2 is 1.71 bits per heavy atom. The largest absolute Gasteiger partial charge is 0.416 e. The molecule has 0 aliphatic carbocycles. The number of Topliss-reactive ketones (excluding diaryl/α,β-unsaturated/α-hetero) is 1. The van der Waals surface area contributed by atoms with Gasteiger partial charge in [0, 0.05) is 13.5 Å². The number of ketones is 1. The van der Waals surface area contributed by atoms with Crippen molar-refractivity contribution >= 4 is 11.7 Å². The first-order valence-corrected chi connectivity index (χ1v) is 4.75. The average molecular weight is 245 g/mol. The van der Waals surface area contributed by atoms with Crippen molar-refractivity contribution in [2.45, 2.75) is 19.6 Å². The van der Waals surface area contributed by atoms with E-state index in [-0.39, 0.29) is 6.54 Å². The van der Waals surface area contributed by atoms with Crippen LogP contribution >= 0.6 is 0 Å². The van der Waals surface area contributed by atoms with Crippen molar-refractivity contribution < 1.29 is 22.8 Å². The first kappa shape index (κ1) is 13.2. The number of carbonyl (C=O) groups excluding carboxylic acids is 2. The third-order valence-corrected chi connectivity index (χ3v) is 2.05. The molecule has 17 heavy (non-hydrogen) atoms. The molecule has 1 aromatic carbocycles. The molecule has 1 amide bonds. The van der Waals surface area contributed by atoms with Crippen LogP contribution in [0.25, 0.3) is 0 Å². The number of hydrogen-bond donors (Lipinski definition) is 1. The predicted molar refractivity (Wildman–Crippen MR) is 54.0 cm³/mol. The molecule has 0 saturated carbocycles. The van der Waals surface area contributed by atoms with E-state index in [1.807, 2.05) is 0 Å². The van der Waals surface area contributed by atoms with Crippen LogP contribution in [0.3, 0.4) is 0 Å². The van der Waals surface area contributed by atoms with E-state index in [0.29, 0.717) is 5.56 Å². The molecular weight excluding hydrogens is 235 g/mol. The monoisotopic (exact) mass is 245 g/mol. The van der Waals surface area contributed by atoms with Crippen molar-refractivity contribution in [3.8, 4) is 0 Å². The van der Waals surface area contributed by atoms with Gasteiger partial charge in [0.1, 0.15) is 0 Å². The zero-order chi connectivity index (χ0) is 13.1. The van der Waals surface area contributed by atoms with Gasteiger partial charge in [-0.15, -0.1) is 0 Å². The fourth-order valence-corrected chi connectivity index (χ4v) is 1.12. The number of rotatable bonds is 3. The van der Waals surface area contributed by atoms with Crippen LogP contribution in [0.1, 0.15) is 18.1 Å². The molecule has 0 atom stereocenters. The molecule has 0 fully saturated rings. The van der Waals surface area contributed by atoms with Gasteiger partial charge in [-0.2, -0.15) is 13.2 Å². The van der Waals surface area contributed by atoms with Gasteiger partial charge in [0.25, 0.3) is 5.91 Å². The standard InChI is InChI=1S/C11H10F3NO2/c1-7(16)10(17)15-6-8-2-4-9(5-3-8)11(12,13)14/h2-5H,6H2,1H3,(H,15,17). The number of benzene rings is 1. The lowest BCUT2D eigenvalue weighted by atomic mass is 10.1. The molecule has 3 nitrogen and oxygen atoms in total.